The number of carboxylic acids is 1. The largest absolute Gasteiger partial charge is 0.478 e. The number of carboxylic acid groups (broad SMARTS) is 1. The molecule has 1 aromatic carbocycles. The van der Waals surface area contributed by atoms with Gasteiger partial charge in [-0.15, -0.1) is 0 Å². The normalized spacial score (nSPS) is 10.3. The summed E-state index contributed by atoms with van der Waals surface area (Å²) in [5, 5.41) is 8.79. The SMILES string of the molecule is O=C(O)c1cc(F)cc(-c2cc[nH]c(=O)c2)c1Cl. The summed E-state index contributed by atoms with van der Waals surface area (Å²) in [6.07, 6.45) is 1.37. The maximum Gasteiger partial charge on any atom is 0.337 e. The van der Waals surface area contributed by atoms with Crippen molar-refractivity contribution in [3.05, 3.63) is 57.2 Å². The van der Waals surface area contributed by atoms with E-state index in [0.29, 0.717) is 5.56 Å². The number of hydrogen-bond donors (Lipinski definition) is 2. The predicted octanol–water partition coefficient (Wildman–Crippen LogP) is 2.53. The Morgan fingerprint density at radius 2 is 2.06 bits per heavy atom. The van der Waals surface area contributed by atoms with Crippen molar-refractivity contribution in [1.29, 1.82) is 0 Å². The van der Waals surface area contributed by atoms with Crippen LogP contribution < -0.4 is 5.56 Å². The van der Waals surface area contributed by atoms with Gasteiger partial charge >= 0.3 is 5.97 Å². The van der Waals surface area contributed by atoms with Crippen molar-refractivity contribution in [2.45, 2.75) is 0 Å². The van der Waals surface area contributed by atoms with Crippen molar-refractivity contribution in [3.8, 4) is 11.1 Å². The van der Waals surface area contributed by atoms with Gasteiger partial charge in [0.05, 0.1) is 10.6 Å². The van der Waals surface area contributed by atoms with Gasteiger partial charge in [-0.05, 0) is 23.8 Å². The Morgan fingerprint density at radius 1 is 1.33 bits per heavy atom. The number of aromatic nitrogens is 1. The van der Waals surface area contributed by atoms with Gasteiger partial charge in [0.25, 0.3) is 0 Å². The van der Waals surface area contributed by atoms with Crippen LogP contribution in [0.1, 0.15) is 10.4 Å². The lowest BCUT2D eigenvalue weighted by Crippen LogP contribution is -2.04. The number of H-pyrrole nitrogens is 1. The average Bonchev–Trinajstić information content (AvgIpc) is 2.31. The van der Waals surface area contributed by atoms with Gasteiger partial charge in [-0.1, -0.05) is 11.6 Å². The van der Waals surface area contributed by atoms with Crippen molar-refractivity contribution in [1.82, 2.24) is 4.98 Å². The van der Waals surface area contributed by atoms with Crippen LogP contribution in [-0.4, -0.2) is 16.1 Å². The minimum atomic E-state index is -1.33. The Bertz CT molecular complexity index is 681. The summed E-state index contributed by atoms with van der Waals surface area (Å²) in [4.78, 5) is 24.5. The Hall–Kier alpha value is -2.14. The molecule has 0 unspecified atom stereocenters. The topological polar surface area (TPSA) is 70.2 Å². The summed E-state index contributed by atoms with van der Waals surface area (Å²) < 4.78 is 13.3. The molecule has 0 fully saturated rings. The summed E-state index contributed by atoms with van der Waals surface area (Å²) in [6, 6.07) is 4.64. The van der Waals surface area contributed by atoms with Crippen LogP contribution in [0.5, 0.6) is 0 Å². The average molecular weight is 268 g/mol. The van der Waals surface area contributed by atoms with Gasteiger partial charge in [0.1, 0.15) is 5.82 Å². The van der Waals surface area contributed by atoms with E-state index in [4.69, 9.17) is 16.7 Å². The molecule has 0 saturated heterocycles. The molecule has 18 heavy (non-hydrogen) atoms. The second-order valence-corrected chi connectivity index (χ2v) is 3.94. The maximum atomic E-state index is 13.3. The zero-order valence-corrected chi connectivity index (χ0v) is 9.66. The van der Waals surface area contributed by atoms with E-state index in [0.717, 1.165) is 12.1 Å². The van der Waals surface area contributed by atoms with E-state index < -0.39 is 11.8 Å². The number of aromatic carboxylic acids is 1. The van der Waals surface area contributed by atoms with Crippen LogP contribution in [0.3, 0.4) is 0 Å². The van der Waals surface area contributed by atoms with Gasteiger partial charge in [0.2, 0.25) is 5.56 Å². The lowest BCUT2D eigenvalue weighted by Gasteiger charge is -2.07. The van der Waals surface area contributed by atoms with E-state index in [1.54, 1.807) is 0 Å². The number of hydrogen-bond acceptors (Lipinski definition) is 2. The van der Waals surface area contributed by atoms with Crippen molar-refractivity contribution in [3.63, 3.8) is 0 Å². The van der Waals surface area contributed by atoms with E-state index in [2.05, 4.69) is 4.98 Å². The monoisotopic (exact) mass is 267 g/mol. The molecule has 0 aliphatic carbocycles. The molecule has 2 N–H and O–H groups in total. The van der Waals surface area contributed by atoms with Gasteiger partial charge in [-0.3, -0.25) is 4.79 Å². The highest BCUT2D eigenvalue weighted by atomic mass is 35.5. The molecular formula is C12H7ClFNO3. The first kappa shape index (κ1) is 12.3. The minimum absolute atomic E-state index is 0.102. The first-order chi connectivity index (χ1) is 8.49. The van der Waals surface area contributed by atoms with Crippen LogP contribution in [-0.2, 0) is 0 Å². The fourth-order valence-corrected chi connectivity index (χ4v) is 1.87. The summed E-state index contributed by atoms with van der Waals surface area (Å²) >= 11 is 5.90. The molecule has 4 nitrogen and oxygen atoms in total. The van der Waals surface area contributed by atoms with Gasteiger partial charge in [0.15, 0.2) is 0 Å². The first-order valence-corrected chi connectivity index (χ1v) is 5.28. The number of benzene rings is 1. The highest BCUT2D eigenvalue weighted by Crippen LogP contribution is 2.31. The molecule has 0 saturated carbocycles. The highest BCUT2D eigenvalue weighted by molar-refractivity contribution is 6.36. The molecule has 0 bridgehead atoms. The van der Waals surface area contributed by atoms with E-state index in [1.807, 2.05) is 0 Å². The fraction of sp³-hybridized carbons (Fsp3) is 0. The minimum Gasteiger partial charge on any atom is -0.478 e. The zero-order chi connectivity index (χ0) is 13.3. The van der Waals surface area contributed by atoms with Crippen molar-refractivity contribution in [2.75, 3.05) is 0 Å². The van der Waals surface area contributed by atoms with E-state index in [-0.39, 0.29) is 21.7 Å². The van der Waals surface area contributed by atoms with Gasteiger partial charge in [0, 0.05) is 17.8 Å². The molecule has 6 heteroatoms. The lowest BCUT2D eigenvalue weighted by molar-refractivity contribution is 0.0696. The molecule has 0 aliphatic rings. The van der Waals surface area contributed by atoms with Crippen molar-refractivity contribution >= 4 is 17.6 Å². The molecule has 0 aliphatic heterocycles. The Morgan fingerprint density at radius 3 is 2.67 bits per heavy atom. The highest BCUT2D eigenvalue weighted by Gasteiger charge is 2.16. The van der Waals surface area contributed by atoms with Crippen molar-refractivity contribution < 1.29 is 14.3 Å². The molecule has 1 heterocycles. The molecule has 2 aromatic rings. The Labute approximate surface area is 106 Å². The van der Waals surface area contributed by atoms with E-state index in [1.165, 1.54) is 18.3 Å². The zero-order valence-electron chi connectivity index (χ0n) is 8.91. The molecule has 2 rings (SSSR count). The number of nitrogens with one attached hydrogen (secondary N) is 1. The van der Waals surface area contributed by atoms with Gasteiger partial charge < -0.3 is 10.1 Å². The number of halogens is 2. The second-order valence-electron chi connectivity index (χ2n) is 3.56. The number of rotatable bonds is 2. The summed E-state index contributed by atoms with van der Waals surface area (Å²) in [7, 11) is 0. The van der Waals surface area contributed by atoms with Crippen molar-refractivity contribution in [2.24, 2.45) is 0 Å². The quantitative estimate of drug-likeness (QED) is 0.878. The standard InChI is InChI=1S/C12H7ClFNO3/c13-11-8(6-1-2-15-10(16)3-6)4-7(14)5-9(11)12(17)18/h1-5H,(H,15,16)(H,17,18). The molecule has 1 aromatic heterocycles. The van der Waals surface area contributed by atoms with Crippen LogP contribution >= 0.6 is 11.6 Å². The molecule has 0 atom stereocenters. The van der Waals surface area contributed by atoms with Crippen LogP contribution in [0.15, 0.2) is 35.3 Å². The van der Waals surface area contributed by atoms with Crippen LogP contribution in [0, 0.1) is 5.82 Å². The van der Waals surface area contributed by atoms with Crippen LogP contribution in [0.4, 0.5) is 4.39 Å². The molecule has 0 spiro atoms. The third-order valence-electron chi connectivity index (χ3n) is 2.35. The number of pyridine rings is 1. The molecular weight excluding hydrogens is 261 g/mol. The third kappa shape index (κ3) is 2.26. The fourth-order valence-electron chi connectivity index (χ4n) is 1.57. The van der Waals surface area contributed by atoms with E-state index >= 15 is 0 Å². The van der Waals surface area contributed by atoms with Crippen LogP contribution in [0.2, 0.25) is 5.02 Å². The first-order valence-electron chi connectivity index (χ1n) is 4.90. The Balaban J connectivity index is 2.72. The Kier molecular flexibility index (Phi) is 3.16. The third-order valence-corrected chi connectivity index (χ3v) is 2.76. The molecule has 0 radical (unpaired) electrons. The predicted molar refractivity (Wildman–Crippen MR) is 64.4 cm³/mol. The lowest BCUT2D eigenvalue weighted by atomic mass is 10.0. The van der Waals surface area contributed by atoms with Gasteiger partial charge in [-0.2, -0.15) is 0 Å². The van der Waals surface area contributed by atoms with E-state index in [9.17, 15) is 14.0 Å². The smallest absolute Gasteiger partial charge is 0.337 e. The molecule has 0 amide bonds. The number of aromatic amines is 1. The van der Waals surface area contributed by atoms with Crippen LogP contribution in [0.25, 0.3) is 11.1 Å². The summed E-state index contributed by atoms with van der Waals surface area (Å²) in [5.74, 6) is -2.06. The second kappa shape index (κ2) is 4.62. The summed E-state index contributed by atoms with van der Waals surface area (Å²) in [5.41, 5.74) is -0.206. The van der Waals surface area contributed by atoms with Gasteiger partial charge in [-0.25, -0.2) is 9.18 Å². The molecule has 92 valence electrons. The maximum absolute atomic E-state index is 13.3. The number of carbonyl (C=O) groups is 1. The summed E-state index contributed by atoms with van der Waals surface area (Å²) in [6.45, 7) is 0.